The van der Waals surface area contributed by atoms with Crippen LogP contribution in [-0.2, 0) is 0 Å². The first kappa shape index (κ1) is 12.2. The predicted molar refractivity (Wildman–Crippen MR) is 66.5 cm³/mol. The number of rotatable bonds is 5. The molecule has 1 fully saturated rings. The van der Waals surface area contributed by atoms with Crippen molar-refractivity contribution in [3.05, 3.63) is 28.8 Å². The third-order valence-electron chi connectivity index (χ3n) is 2.62. The van der Waals surface area contributed by atoms with E-state index in [0.29, 0.717) is 17.6 Å². The summed E-state index contributed by atoms with van der Waals surface area (Å²) in [5, 5.41) is 16.0. The lowest BCUT2D eigenvalue weighted by Gasteiger charge is -2.07. The molecule has 1 saturated carbocycles. The standard InChI is InChI=1S/C12H15ClN2O2/c13-8-1-4-11(16)10(7-8)12(17)15-6-5-14-9-2-3-9/h1,4,7,9,14,16H,2-3,5-6H2,(H,15,17). The molecule has 1 aromatic rings. The number of benzene rings is 1. The predicted octanol–water partition coefficient (Wildman–Crippen LogP) is 1.53. The molecule has 1 amide bonds. The number of phenolic OH excluding ortho intramolecular Hbond substituents is 1. The van der Waals surface area contributed by atoms with Crippen molar-refractivity contribution in [3.8, 4) is 5.75 Å². The fourth-order valence-electron chi connectivity index (χ4n) is 1.53. The number of carbonyl (C=O) groups is 1. The second kappa shape index (κ2) is 5.38. The van der Waals surface area contributed by atoms with E-state index in [4.69, 9.17) is 11.6 Å². The summed E-state index contributed by atoms with van der Waals surface area (Å²) in [6.45, 7) is 1.29. The Morgan fingerprint density at radius 1 is 1.41 bits per heavy atom. The monoisotopic (exact) mass is 254 g/mol. The second-order valence-electron chi connectivity index (χ2n) is 4.15. The van der Waals surface area contributed by atoms with E-state index in [-0.39, 0.29) is 17.2 Å². The number of nitrogens with one attached hydrogen (secondary N) is 2. The Morgan fingerprint density at radius 3 is 2.88 bits per heavy atom. The van der Waals surface area contributed by atoms with Gasteiger partial charge < -0.3 is 15.7 Å². The van der Waals surface area contributed by atoms with E-state index in [1.807, 2.05) is 0 Å². The quantitative estimate of drug-likeness (QED) is 0.699. The number of carbonyl (C=O) groups excluding carboxylic acids is 1. The number of halogens is 1. The van der Waals surface area contributed by atoms with Crippen LogP contribution in [0.2, 0.25) is 5.02 Å². The SMILES string of the molecule is O=C(NCCNC1CC1)c1cc(Cl)ccc1O. The Bertz CT molecular complexity index is 419. The van der Waals surface area contributed by atoms with Crippen LogP contribution in [-0.4, -0.2) is 30.1 Å². The fraction of sp³-hybridized carbons (Fsp3) is 0.417. The molecular formula is C12H15ClN2O2. The maximum atomic E-state index is 11.7. The minimum Gasteiger partial charge on any atom is -0.507 e. The Balaban J connectivity index is 1.82. The summed E-state index contributed by atoms with van der Waals surface area (Å²) in [5.74, 6) is -0.357. The summed E-state index contributed by atoms with van der Waals surface area (Å²) in [5.41, 5.74) is 0.212. The first-order valence-electron chi connectivity index (χ1n) is 5.67. The van der Waals surface area contributed by atoms with Gasteiger partial charge in [-0.3, -0.25) is 4.79 Å². The van der Waals surface area contributed by atoms with Gasteiger partial charge in [0.15, 0.2) is 0 Å². The number of amides is 1. The normalized spacial score (nSPS) is 14.6. The van der Waals surface area contributed by atoms with Gasteiger partial charge in [-0.15, -0.1) is 0 Å². The first-order valence-corrected chi connectivity index (χ1v) is 6.04. The summed E-state index contributed by atoms with van der Waals surface area (Å²) >= 11 is 5.77. The lowest BCUT2D eigenvalue weighted by atomic mass is 10.2. The van der Waals surface area contributed by atoms with E-state index in [9.17, 15) is 9.90 Å². The van der Waals surface area contributed by atoms with E-state index in [2.05, 4.69) is 10.6 Å². The summed E-state index contributed by atoms with van der Waals surface area (Å²) in [6.07, 6.45) is 2.45. The molecule has 0 spiro atoms. The highest BCUT2D eigenvalue weighted by Gasteiger charge is 2.19. The van der Waals surface area contributed by atoms with Crippen molar-refractivity contribution in [1.29, 1.82) is 0 Å². The zero-order valence-electron chi connectivity index (χ0n) is 9.37. The van der Waals surface area contributed by atoms with Crippen LogP contribution in [0.15, 0.2) is 18.2 Å². The summed E-state index contributed by atoms with van der Waals surface area (Å²) < 4.78 is 0. The molecule has 0 aliphatic heterocycles. The lowest BCUT2D eigenvalue weighted by molar-refractivity contribution is 0.0951. The van der Waals surface area contributed by atoms with Crippen LogP contribution < -0.4 is 10.6 Å². The molecule has 4 nitrogen and oxygen atoms in total. The van der Waals surface area contributed by atoms with Crippen LogP contribution in [0.4, 0.5) is 0 Å². The Kier molecular flexibility index (Phi) is 3.86. The van der Waals surface area contributed by atoms with Gasteiger partial charge in [-0.2, -0.15) is 0 Å². The van der Waals surface area contributed by atoms with Gasteiger partial charge in [-0.25, -0.2) is 0 Å². The van der Waals surface area contributed by atoms with E-state index in [0.717, 1.165) is 6.54 Å². The lowest BCUT2D eigenvalue weighted by Crippen LogP contribution is -2.32. The first-order chi connectivity index (χ1) is 8.16. The molecule has 92 valence electrons. The largest absolute Gasteiger partial charge is 0.507 e. The van der Waals surface area contributed by atoms with Crippen molar-refractivity contribution in [2.75, 3.05) is 13.1 Å². The van der Waals surface area contributed by atoms with Crippen LogP contribution in [0, 0.1) is 0 Å². The average molecular weight is 255 g/mol. The van der Waals surface area contributed by atoms with Gasteiger partial charge in [0.05, 0.1) is 5.56 Å². The second-order valence-corrected chi connectivity index (χ2v) is 4.58. The molecule has 5 heteroatoms. The van der Waals surface area contributed by atoms with Gasteiger partial charge >= 0.3 is 0 Å². The van der Waals surface area contributed by atoms with E-state index >= 15 is 0 Å². The summed E-state index contributed by atoms with van der Waals surface area (Å²) in [6, 6.07) is 5.05. The van der Waals surface area contributed by atoms with Crippen molar-refractivity contribution in [2.45, 2.75) is 18.9 Å². The third-order valence-corrected chi connectivity index (χ3v) is 2.86. The smallest absolute Gasteiger partial charge is 0.255 e. The van der Waals surface area contributed by atoms with Gasteiger partial charge in [-0.1, -0.05) is 11.6 Å². The highest BCUT2D eigenvalue weighted by molar-refractivity contribution is 6.31. The van der Waals surface area contributed by atoms with Crippen molar-refractivity contribution in [3.63, 3.8) is 0 Å². The highest BCUT2D eigenvalue weighted by atomic mass is 35.5. The molecule has 2 rings (SSSR count). The topological polar surface area (TPSA) is 61.4 Å². The molecule has 0 aromatic heterocycles. The number of hydrogen-bond acceptors (Lipinski definition) is 3. The molecule has 0 saturated heterocycles. The minimum absolute atomic E-state index is 0.0537. The Morgan fingerprint density at radius 2 is 2.18 bits per heavy atom. The molecule has 3 N–H and O–H groups in total. The number of phenols is 1. The fourth-order valence-corrected chi connectivity index (χ4v) is 1.70. The van der Waals surface area contributed by atoms with E-state index in [1.54, 1.807) is 6.07 Å². The maximum Gasteiger partial charge on any atom is 0.255 e. The van der Waals surface area contributed by atoms with Gasteiger partial charge in [-0.05, 0) is 31.0 Å². The molecule has 0 radical (unpaired) electrons. The van der Waals surface area contributed by atoms with Crippen LogP contribution in [0.1, 0.15) is 23.2 Å². The molecule has 1 aliphatic rings. The van der Waals surface area contributed by atoms with Gasteiger partial charge in [0.25, 0.3) is 5.91 Å². The molecule has 17 heavy (non-hydrogen) atoms. The molecule has 0 bridgehead atoms. The van der Waals surface area contributed by atoms with Crippen molar-refractivity contribution < 1.29 is 9.90 Å². The maximum absolute atomic E-state index is 11.7. The molecular weight excluding hydrogens is 240 g/mol. The van der Waals surface area contributed by atoms with Gasteiger partial charge in [0.1, 0.15) is 5.75 Å². The Hall–Kier alpha value is -1.26. The number of aromatic hydroxyl groups is 1. The zero-order chi connectivity index (χ0) is 12.3. The van der Waals surface area contributed by atoms with Crippen LogP contribution >= 0.6 is 11.6 Å². The minimum atomic E-state index is -0.303. The summed E-state index contributed by atoms with van der Waals surface area (Å²) in [7, 11) is 0. The van der Waals surface area contributed by atoms with Crippen molar-refractivity contribution in [1.82, 2.24) is 10.6 Å². The molecule has 0 heterocycles. The van der Waals surface area contributed by atoms with Crippen LogP contribution in [0.5, 0.6) is 5.75 Å². The van der Waals surface area contributed by atoms with Crippen LogP contribution in [0.3, 0.4) is 0 Å². The Labute approximate surface area is 105 Å². The summed E-state index contributed by atoms with van der Waals surface area (Å²) in [4.78, 5) is 11.7. The molecule has 0 unspecified atom stereocenters. The average Bonchev–Trinajstić information content (AvgIpc) is 3.11. The molecule has 1 aliphatic carbocycles. The van der Waals surface area contributed by atoms with E-state index in [1.165, 1.54) is 25.0 Å². The van der Waals surface area contributed by atoms with Crippen molar-refractivity contribution >= 4 is 17.5 Å². The molecule has 0 atom stereocenters. The van der Waals surface area contributed by atoms with Gasteiger partial charge in [0, 0.05) is 24.2 Å². The van der Waals surface area contributed by atoms with Crippen LogP contribution in [0.25, 0.3) is 0 Å². The van der Waals surface area contributed by atoms with E-state index < -0.39 is 0 Å². The van der Waals surface area contributed by atoms with Gasteiger partial charge in [0.2, 0.25) is 0 Å². The highest BCUT2D eigenvalue weighted by Crippen LogP contribution is 2.21. The number of hydrogen-bond donors (Lipinski definition) is 3. The third kappa shape index (κ3) is 3.61. The zero-order valence-corrected chi connectivity index (χ0v) is 10.1. The van der Waals surface area contributed by atoms with Crippen molar-refractivity contribution in [2.24, 2.45) is 0 Å². The molecule has 1 aromatic carbocycles.